The lowest BCUT2D eigenvalue weighted by molar-refractivity contribution is 0.112. The summed E-state index contributed by atoms with van der Waals surface area (Å²) in [5.41, 5.74) is 11.6. The molecule has 33 heavy (non-hydrogen) atoms. The quantitative estimate of drug-likeness (QED) is 0.492. The van der Waals surface area contributed by atoms with Crippen LogP contribution in [0.1, 0.15) is 40.4 Å². The number of nitrogens with two attached hydrogens (primary N) is 1. The Morgan fingerprint density at radius 3 is 2.52 bits per heavy atom. The van der Waals surface area contributed by atoms with E-state index in [1.165, 1.54) is 23.4 Å². The highest BCUT2D eigenvalue weighted by Crippen LogP contribution is 2.40. The summed E-state index contributed by atoms with van der Waals surface area (Å²) in [6, 6.07) is 13.1. The van der Waals surface area contributed by atoms with Gasteiger partial charge in [-0.2, -0.15) is 5.10 Å². The Balaban J connectivity index is 0.000000257. The normalized spacial score (nSPS) is 14.8. The Kier molecular flexibility index (Phi) is 7.76. The van der Waals surface area contributed by atoms with Crippen molar-refractivity contribution >= 4 is 40.7 Å². The summed E-state index contributed by atoms with van der Waals surface area (Å²) < 4.78 is 14.0. The first-order valence-corrected chi connectivity index (χ1v) is 11.0. The molecule has 1 aliphatic carbocycles. The summed E-state index contributed by atoms with van der Waals surface area (Å²) in [6.45, 7) is 0. The van der Waals surface area contributed by atoms with E-state index >= 15 is 0 Å². The molecule has 1 aliphatic rings. The molecular weight excluding hydrogens is 441 g/mol. The molecule has 8 heteroatoms. The van der Waals surface area contributed by atoms with Crippen LogP contribution in [0.15, 0.2) is 48.5 Å². The van der Waals surface area contributed by atoms with Gasteiger partial charge in [-0.05, 0) is 60.2 Å². The molecule has 0 spiro atoms. The van der Waals surface area contributed by atoms with Gasteiger partial charge in [-0.25, -0.2) is 4.39 Å². The average Bonchev–Trinajstić information content (AvgIpc) is 3.41. The molecule has 3 aromatic rings. The number of anilines is 3. The first kappa shape index (κ1) is 24.3. The minimum Gasteiger partial charge on any atom is -0.388 e. The van der Waals surface area contributed by atoms with Crippen LogP contribution in [-0.2, 0) is 7.05 Å². The molecule has 0 amide bonds. The topological polar surface area (TPSA) is 76.2 Å². The highest BCUT2D eigenvalue weighted by Gasteiger charge is 2.25. The zero-order valence-electron chi connectivity index (χ0n) is 19.3. The van der Waals surface area contributed by atoms with E-state index in [1.807, 2.05) is 14.1 Å². The van der Waals surface area contributed by atoms with Crippen LogP contribution < -0.4 is 16.0 Å². The maximum Gasteiger partial charge on any atom is 0.156 e. The third-order valence-electron chi connectivity index (χ3n) is 5.76. The molecule has 6 nitrogen and oxygen atoms in total. The molecule has 3 N–H and O–H groups in total. The van der Waals surface area contributed by atoms with Crippen molar-refractivity contribution in [1.29, 1.82) is 0 Å². The van der Waals surface area contributed by atoms with Crippen molar-refractivity contribution in [3.8, 4) is 0 Å². The number of nitrogen functional groups attached to an aromatic ring is 1. The van der Waals surface area contributed by atoms with E-state index in [9.17, 15) is 9.18 Å². The van der Waals surface area contributed by atoms with E-state index in [-0.39, 0.29) is 10.8 Å². The fraction of sp³-hybridized carbons (Fsp3) is 0.280. The van der Waals surface area contributed by atoms with Crippen molar-refractivity contribution < 1.29 is 9.18 Å². The molecule has 0 aliphatic heterocycles. The third kappa shape index (κ3) is 5.54. The smallest absolute Gasteiger partial charge is 0.156 e. The van der Waals surface area contributed by atoms with Crippen LogP contribution in [0, 0.1) is 5.82 Å². The van der Waals surface area contributed by atoms with Crippen LogP contribution in [0.4, 0.5) is 21.6 Å². The van der Waals surface area contributed by atoms with Gasteiger partial charge in [-0.15, -0.1) is 0 Å². The van der Waals surface area contributed by atoms with E-state index in [0.29, 0.717) is 17.3 Å². The van der Waals surface area contributed by atoms with Crippen molar-refractivity contribution in [2.75, 3.05) is 37.1 Å². The number of hydrogen-bond acceptors (Lipinski definition) is 5. The van der Waals surface area contributed by atoms with Gasteiger partial charge >= 0.3 is 0 Å². The van der Waals surface area contributed by atoms with Crippen LogP contribution in [0.25, 0.3) is 5.57 Å². The third-order valence-corrected chi connectivity index (χ3v) is 6.05. The van der Waals surface area contributed by atoms with Crippen molar-refractivity contribution in [2.24, 2.45) is 7.05 Å². The number of benzene rings is 2. The van der Waals surface area contributed by atoms with Crippen molar-refractivity contribution in [3.63, 3.8) is 0 Å². The van der Waals surface area contributed by atoms with Crippen molar-refractivity contribution in [2.45, 2.75) is 18.8 Å². The number of aromatic nitrogens is 2. The van der Waals surface area contributed by atoms with Crippen LogP contribution in [-0.4, -0.2) is 37.2 Å². The van der Waals surface area contributed by atoms with Gasteiger partial charge in [0.15, 0.2) is 6.29 Å². The second-order valence-electron chi connectivity index (χ2n) is 8.12. The number of carbonyl (C=O) groups excluding carboxylic acids is 1. The number of aldehydes is 1. The maximum absolute atomic E-state index is 12.5. The summed E-state index contributed by atoms with van der Waals surface area (Å²) in [5, 5.41) is 7.40. The second-order valence-corrected chi connectivity index (χ2v) is 8.53. The molecule has 1 heterocycles. The number of nitrogens with zero attached hydrogens (tertiary/aromatic N) is 3. The molecule has 0 bridgehead atoms. The molecule has 2 aromatic carbocycles. The van der Waals surface area contributed by atoms with E-state index in [0.717, 1.165) is 36.1 Å². The predicted octanol–water partition coefficient (Wildman–Crippen LogP) is 5.36. The van der Waals surface area contributed by atoms with E-state index in [2.05, 4.69) is 45.7 Å². The van der Waals surface area contributed by atoms with E-state index in [1.54, 1.807) is 24.8 Å². The number of carbonyl (C=O) groups is 1. The highest BCUT2D eigenvalue weighted by molar-refractivity contribution is 6.31. The number of allylic oxidation sites excluding steroid dienone is 2. The Labute approximate surface area is 198 Å². The summed E-state index contributed by atoms with van der Waals surface area (Å²) >= 11 is 5.48. The molecule has 1 aromatic heterocycles. The lowest BCUT2D eigenvalue weighted by Gasteiger charge is -2.15. The van der Waals surface area contributed by atoms with E-state index in [4.69, 9.17) is 17.3 Å². The van der Waals surface area contributed by atoms with Crippen molar-refractivity contribution in [1.82, 2.24) is 9.78 Å². The molecule has 4 rings (SSSR count). The Bertz CT molecular complexity index is 1150. The van der Waals surface area contributed by atoms with Crippen LogP contribution in [0.5, 0.6) is 0 Å². The predicted molar refractivity (Wildman–Crippen MR) is 135 cm³/mol. The largest absolute Gasteiger partial charge is 0.388 e. The summed E-state index contributed by atoms with van der Waals surface area (Å²) in [7, 11) is 7.59. The Morgan fingerprint density at radius 1 is 1.24 bits per heavy atom. The molecule has 0 saturated carbocycles. The van der Waals surface area contributed by atoms with E-state index < -0.39 is 0 Å². The molecule has 1 unspecified atom stereocenters. The monoisotopic (exact) mass is 469 g/mol. The number of hydrogen-bond donors (Lipinski definition) is 2. The van der Waals surface area contributed by atoms with Gasteiger partial charge in [-0.3, -0.25) is 9.48 Å². The minimum absolute atomic E-state index is 0.145. The Hall–Kier alpha value is -3.32. The molecule has 0 radical (unpaired) electrons. The van der Waals surface area contributed by atoms with Gasteiger partial charge in [0.25, 0.3) is 0 Å². The number of halogens is 2. The molecule has 174 valence electrons. The fourth-order valence-electron chi connectivity index (χ4n) is 3.77. The number of rotatable bonds is 5. The van der Waals surface area contributed by atoms with Gasteiger partial charge < -0.3 is 16.0 Å². The van der Waals surface area contributed by atoms with Gasteiger partial charge in [0, 0.05) is 39.6 Å². The van der Waals surface area contributed by atoms with Gasteiger partial charge in [0.05, 0.1) is 10.6 Å². The lowest BCUT2D eigenvalue weighted by Crippen LogP contribution is -2.08. The zero-order chi connectivity index (χ0) is 24.1. The molecule has 0 fully saturated rings. The minimum atomic E-state index is -0.388. The van der Waals surface area contributed by atoms with Crippen LogP contribution in [0.3, 0.4) is 0 Å². The van der Waals surface area contributed by atoms with Gasteiger partial charge in [-0.1, -0.05) is 29.8 Å². The van der Waals surface area contributed by atoms with Crippen molar-refractivity contribution in [3.05, 3.63) is 76.2 Å². The SMILES string of the molecule is CN(C)c1ccc(C2CC=C(c3nn(C)c(N)c3C=O)C2)cc1.CNc1ccc(F)c(Cl)c1. The standard InChI is InChI=1S/C18H22N4O.C7H7ClFN/c1-21(2)15-8-6-12(7-9-15)13-4-5-14(10-13)17-16(11-23)18(19)22(3)20-17;1-10-5-2-3-7(9)6(8)4-5/h5-9,11,13H,4,10,19H2,1-3H3;2-4,10H,1H3. The van der Waals surface area contributed by atoms with Gasteiger partial charge in [0.2, 0.25) is 0 Å². The fourth-order valence-corrected chi connectivity index (χ4v) is 3.95. The summed E-state index contributed by atoms with van der Waals surface area (Å²) in [4.78, 5) is 13.4. The zero-order valence-corrected chi connectivity index (χ0v) is 20.0. The lowest BCUT2D eigenvalue weighted by atomic mass is 9.94. The summed E-state index contributed by atoms with van der Waals surface area (Å²) in [5.74, 6) is 0.472. The molecular formula is C25H29ClFN5O. The first-order chi connectivity index (χ1) is 15.7. The van der Waals surface area contributed by atoms with Gasteiger partial charge in [0.1, 0.15) is 17.3 Å². The Morgan fingerprint density at radius 2 is 1.94 bits per heavy atom. The molecule has 0 saturated heterocycles. The second kappa shape index (κ2) is 10.5. The number of nitrogens with one attached hydrogen (secondary N) is 1. The summed E-state index contributed by atoms with van der Waals surface area (Å²) in [6.07, 6.45) is 4.83. The highest BCUT2D eigenvalue weighted by atomic mass is 35.5. The number of aryl methyl sites for hydroxylation is 1. The maximum atomic E-state index is 12.5. The molecule has 1 atom stereocenters. The average molecular weight is 470 g/mol. The van der Waals surface area contributed by atoms with Crippen LogP contribution >= 0.6 is 11.6 Å². The van der Waals surface area contributed by atoms with Crippen LogP contribution in [0.2, 0.25) is 5.02 Å². The first-order valence-electron chi connectivity index (χ1n) is 10.6.